The molecule has 1 aliphatic rings. The number of ether oxygens (including phenoxy) is 2. The minimum Gasteiger partial charge on any atom is -0.380 e. The number of hydrogen-bond donors (Lipinski definition) is 1. The first kappa shape index (κ1) is 12.5. The average Bonchev–Trinajstić information content (AvgIpc) is 2.93. The Morgan fingerprint density at radius 2 is 2.41 bits per heavy atom. The zero-order chi connectivity index (χ0) is 12.3. The quantitative estimate of drug-likeness (QED) is 0.834. The van der Waals surface area contributed by atoms with Crippen molar-refractivity contribution in [1.29, 1.82) is 0 Å². The van der Waals surface area contributed by atoms with Crippen LogP contribution in [0.25, 0.3) is 0 Å². The van der Waals surface area contributed by atoms with Crippen LogP contribution < -0.4 is 5.73 Å². The first-order valence-electron chi connectivity index (χ1n) is 6.00. The van der Waals surface area contributed by atoms with Crippen molar-refractivity contribution in [3.8, 4) is 0 Å². The van der Waals surface area contributed by atoms with Gasteiger partial charge in [0.15, 0.2) is 5.82 Å². The smallest absolute Gasteiger partial charge is 0.256 e. The van der Waals surface area contributed by atoms with Gasteiger partial charge in [0.25, 0.3) is 5.89 Å². The lowest BCUT2D eigenvalue weighted by atomic mass is 10.0. The maximum atomic E-state index is 5.88. The van der Waals surface area contributed by atoms with E-state index in [0.29, 0.717) is 30.8 Å². The maximum Gasteiger partial charge on any atom is 0.256 e. The van der Waals surface area contributed by atoms with Gasteiger partial charge < -0.3 is 19.7 Å². The Balaban J connectivity index is 2.00. The van der Waals surface area contributed by atoms with Crippen molar-refractivity contribution in [3.05, 3.63) is 11.7 Å². The molecule has 2 heterocycles. The van der Waals surface area contributed by atoms with Crippen molar-refractivity contribution < 1.29 is 14.0 Å². The third kappa shape index (κ3) is 2.83. The van der Waals surface area contributed by atoms with Crippen LogP contribution in [-0.4, -0.2) is 30.0 Å². The van der Waals surface area contributed by atoms with E-state index in [1.54, 1.807) is 0 Å². The maximum absolute atomic E-state index is 5.88. The van der Waals surface area contributed by atoms with Crippen LogP contribution in [0.2, 0.25) is 0 Å². The molecule has 1 aromatic rings. The first-order chi connectivity index (χ1) is 8.22. The molecule has 0 bridgehead atoms. The zero-order valence-electron chi connectivity index (χ0n) is 10.3. The standard InChI is InChI=1S/C11H19N3O3/c1-3-15-6-8(12)10-13-11(17-14-10)9-7(2)4-5-16-9/h7-9H,3-6,12H2,1-2H3. The van der Waals surface area contributed by atoms with E-state index in [0.717, 1.165) is 13.0 Å². The van der Waals surface area contributed by atoms with Crippen LogP contribution in [-0.2, 0) is 9.47 Å². The van der Waals surface area contributed by atoms with E-state index in [1.807, 2.05) is 6.92 Å². The van der Waals surface area contributed by atoms with Gasteiger partial charge in [-0.2, -0.15) is 4.98 Å². The van der Waals surface area contributed by atoms with Gasteiger partial charge >= 0.3 is 0 Å². The highest BCUT2D eigenvalue weighted by molar-refractivity contribution is 4.97. The monoisotopic (exact) mass is 241 g/mol. The normalized spacial score (nSPS) is 26.3. The molecular formula is C11H19N3O3. The van der Waals surface area contributed by atoms with Crippen LogP contribution in [0.5, 0.6) is 0 Å². The molecule has 17 heavy (non-hydrogen) atoms. The Kier molecular flexibility index (Phi) is 4.09. The Morgan fingerprint density at radius 3 is 3.06 bits per heavy atom. The second-order valence-electron chi connectivity index (χ2n) is 4.31. The minimum absolute atomic E-state index is 0.0875. The van der Waals surface area contributed by atoms with Crippen molar-refractivity contribution >= 4 is 0 Å². The molecule has 6 nitrogen and oxygen atoms in total. The van der Waals surface area contributed by atoms with E-state index < -0.39 is 0 Å². The van der Waals surface area contributed by atoms with Gasteiger partial charge in [0.05, 0.1) is 12.6 Å². The van der Waals surface area contributed by atoms with E-state index >= 15 is 0 Å². The SMILES string of the molecule is CCOCC(N)c1noc(C2OCCC2C)n1. The molecule has 3 unspecified atom stereocenters. The molecule has 0 aliphatic carbocycles. The number of aromatic nitrogens is 2. The van der Waals surface area contributed by atoms with Crippen molar-refractivity contribution in [2.45, 2.75) is 32.4 Å². The molecule has 1 aliphatic heterocycles. The van der Waals surface area contributed by atoms with E-state index in [1.165, 1.54) is 0 Å². The summed E-state index contributed by atoms with van der Waals surface area (Å²) < 4.78 is 16.0. The van der Waals surface area contributed by atoms with Gasteiger partial charge in [-0.25, -0.2) is 0 Å². The van der Waals surface area contributed by atoms with Crippen molar-refractivity contribution in [2.24, 2.45) is 11.7 Å². The van der Waals surface area contributed by atoms with Crippen LogP contribution in [0, 0.1) is 5.92 Å². The number of nitrogens with zero attached hydrogens (tertiary/aromatic N) is 2. The Hall–Kier alpha value is -0.980. The number of hydrogen-bond acceptors (Lipinski definition) is 6. The number of rotatable bonds is 5. The molecule has 2 N–H and O–H groups in total. The largest absolute Gasteiger partial charge is 0.380 e. The summed E-state index contributed by atoms with van der Waals surface area (Å²) in [4.78, 5) is 4.29. The molecule has 3 atom stereocenters. The highest BCUT2D eigenvalue weighted by Crippen LogP contribution is 2.33. The fourth-order valence-electron chi connectivity index (χ4n) is 1.84. The predicted molar refractivity (Wildman–Crippen MR) is 60.2 cm³/mol. The summed E-state index contributed by atoms with van der Waals surface area (Å²) in [6.45, 7) is 5.80. The highest BCUT2D eigenvalue weighted by atomic mass is 16.5. The second kappa shape index (κ2) is 5.57. The van der Waals surface area contributed by atoms with Gasteiger partial charge in [0.2, 0.25) is 0 Å². The molecule has 0 amide bonds. The first-order valence-corrected chi connectivity index (χ1v) is 6.00. The van der Waals surface area contributed by atoms with Crippen LogP contribution >= 0.6 is 0 Å². The van der Waals surface area contributed by atoms with E-state index in [2.05, 4.69) is 17.1 Å². The van der Waals surface area contributed by atoms with Gasteiger partial charge in [-0.3, -0.25) is 0 Å². The fraction of sp³-hybridized carbons (Fsp3) is 0.818. The molecular weight excluding hydrogens is 222 g/mol. The lowest BCUT2D eigenvalue weighted by Crippen LogP contribution is -2.18. The predicted octanol–water partition coefficient (Wildman–Crippen LogP) is 1.20. The Bertz CT molecular complexity index is 355. The van der Waals surface area contributed by atoms with Crippen LogP contribution in [0.15, 0.2) is 4.52 Å². The van der Waals surface area contributed by atoms with Crippen LogP contribution in [0.1, 0.15) is 44.1 Å². The molecule has 0 saturated carbocycles. The molecule has 1 fully saturated rings. The Morgan fingerprint density at radius 1 is 1.59 bits per heavy atom. The summed E-state index contributed by atoms with van der Waals surface area (Å²) in [5.41, 5.74) is 5.88. The van der Waals surface area contributed by atoms with Crippen LogP contribution in [0.4, 0.5) is 0 Å². The molecule has 0 spiro atoms. The van der Waals surface area contributed by atoms with Gasteiger partial charge in [-0.1, -0.05) is 12.1 Å². The van der Waals surface area contributed by atoms with Gasteiger partial charge in [0.1, 0.15) is 6.10 Å². The lowest BCUT2D eigenvalue weighted by molar-refractivity contribution is 0.0661. The third-order valence-electron chi connectivity index (χ3n) is 2.92. The molecule has 6 heteroatoms. The molecule has 0 radical (unpaired) electrons. The minimum atomic E-state index is -0.343. The second-order valence-corrected chi connectivity index (χ2v) is 4.31. The van der Waals surface area contributed by atoms with E-state index in [-0.39, 0.29) is 12.1 Å². The van der Waals surface area contributed by atoms with Crippen molar-refractivity contribution in [3.63, 3.8) is 0 Å². The zero-order valence-corrected chi connectivity index (χ0v) is 10.3. The lowest BCUT2D eigenvalue weighted by Gasteiger charge is -2.08. The summed E-state index contributed by atoms with van der Waals surface area (Å²) in [5.74, 6) is 1.42. The molecule has 96 valence electrons. The summed E-state index contributed by atoms with van der Waals surface area (Å²) in [7, 11) is 0. The van der Waals surface area contributed by atoms with Gasteiger partial charge in [-0.05, 0) is 19.3 Å². The molecule has 1 saturated heterocycles. The topological polar surface area (TPSA) is 83.4 Å². The summed E-state index contributed by atoms with van der Waals surface area (Å²) in [6, 6.07) is -0.343. The van der Waals surface area contributed by atoms with Crippen molar-refractivity contribution in [1.82, 2.24) is 10.1 Å². The summed E-state index contributed by atoms with van der Waals surface area (Å²) >= 11 is 0. The summed E-state index contributed by atoms with van der Waals surface area (Å²) in [6.07, 6.45) is 0.934. The average molecular weight is 241 g/mol. The fourth-order valence-corrected chi connectivity index (χ4v) is 1.84. The molecule has 2 rings (SSSR count). The summed E-state index contributed by atoms with van der Waals surface area (Å²) in [5, 5.41) is 3.88. The molecule has 0 aromatic carbocycles. The van der Waals surface area contributed by atoms with E-state index in [9.17, 15) is 0 Å². The van der Waals surface area contributed by atoms with Gasteiger partial charge in [0, 0.05) is 13.2 Å². The van der Waals surface area contributed by atoms with Gasteiger partial charge in [-0.15, -0.1) is 0 Å². The van der Waals surface area contributed by atoms with Crippen LogP contribution in [0.3, 0.4) is 0 Å². The Labute approximate surface area is 100 Å². The van der Waals surface area contributed by atoms with Crippen molar-refractivity contribution in [2.75, 3.05) is 19.8 Å². The molecule has 1 aromatic heterocycles. The third-order valence-corrected chi connectivity index (χ3v) is 2.92. The number of nitrogens with two attached hydrogens (primary N) is 1. The highest BCUT2D eigenvalue weighted by Gasteiger charge is 2.31. The van der Waals surface area contributed by atoms with E-state index in [4.69, 9.17) is 19.7 Å².